The molecular formula is C11H16N2O2S2. The first kappa shape index (κ1) is 12.9. The molecule has 0 aliphatic carbocycles. The molecule has 6 heteroatoms. The van der Waals surface area contributed by atoms with E-state index in [1.807, 2.05) is 18.4 Å². The number of rotatable bonds is 3. The molecule has 0 bridgehead atoms. The molecule has 0 atom stereocenters. The van der Waals surface area contributed by atoms with Gasteiger partial charge in [-0.15, -0.1) is 11.8 Å². The molecule has 0 unspecified atom stereocenters. The average Bonchev–Trinajstić information content (AvgIpc) is 2.39. The number of piperazine rings is 1. The minimum absolute atomic E-state index is 0.425. The van der Waals surface area contributed by atoms with Crippen molar-refractivity contribution in [3.8, 4) is 0 Å². The van der Waals surface area contributed by atoms with Crippen LogP contribution in [-0.2, 0) is 10.0 Å². The van der Waals surface area contributed by atoms with Crippen LogP contribution in [0.4, 0.5) is 0 Å². The van der Waals surface area contributed by atoms with E-state index in [9.17, 15) is 8.42 Å². The molecule has 1 aliphatic rings. The smallest absolute Gasteiger partial charge is 0.244 e. The second-order valence-electron chi connectivity index (χ2n) is 3.80. The molecule has 0 saturated carbocycles. The quantitative estimate of drug-likeness (QED) is 0.834. The van der Waals surface area contributed by atoms with Gasteiger partial charge in [0.1, 0.15) is 0 Å². The lowest BCUT2D eigenvalue weighted by Crippen LogP contribution is -2.46. The van der Waals surface area contributed by atoms with Crippen LogP contribution in [0.25, 0.3) is 0 Å². The zero-order chi connectivity index (χ0) is 12.3. The van der Waals surface area contributed by atoms with Gasteiger partial charge in [0.2, 0.25) is 10.0 Å². The highest BCUT2D eigenvalue weighted by Crippen LogP contribution is 2.26. The number of benzene rings is 1. The van der Waals surface area contributed by atoms with Crippen molar-refractivity contribution in [2.24, 2.45) is 0 Å². The lowest BCUT2D eigenvalue weighted by Gasteiger charge is -2.27. The second kappa shape index (κ2) is 5.39. The number of sulfonamides is 1. The van der Waals surface area contributed by atoms with E-state index in [4.69, 9.17) is 0 Å². The largest absolute Gasteiger partial charge is 0.314 e. The Labute approximate surface area is 106 Å². The van der Waals surface area contributed by atoms with Crippen molar-refractivity contribution in [3.63, 3.8) is 0 Å². The van der Waals surface area contributed by atoms with Gasteiger partial charge in [-0.2, -0.15) is 4.31 Å². The summed E-state index contributed by atoms with van der Waals surface area (Å²) in [6.07, 6.45) is 1.89. The summed E-state index contributed by atoms with van der Waals surface area (Å²) < 4.78 is 26.5. The summed E-state index contributed by atoms with van der Waals surface area (Å²) in [4.78, 5) is 1.24. The first-order valence-corrected chi connectivity index (χ1v) is 8.16. The number of hydrogen-bond donors (Lipinski definition) is 1. The van der Waals surface area contributed by atoms with E-state index in [0.29, 0.717) is 18.0 Å². The Morgan fingerprint density at radius 3 is 2.53 bits per heavy atom. The van der Waals surface area contributed by atoms with Gasteiger partial charge in [0.25, 0.3) is 0 Å². The average molecular weight is 272 g/mol. The Bertz CT molecular complexity index is 482. The van der Waals surface area contributed by atoms with Crippen LogP contribution in [0, 0.1) is 0 Å². The standard InChI is InChI=1S/C11H16N2O2S2/c1-16-10-4-2-3-5-11(10)17(14,15)13-8-6-12-7-9-13/h2-5,12H,6-9H2,1H3. The fraction of sp³-hybridized carbons (Fsp3) is 0.455. The molecule has 1 aromatic rings. The minimum Gasteiger partial charge on any atom is -0.314 e. The molecular weight excluding hydrogens is 256 g/mol. The topological polar surface area (TPSA) is 49.4 Å². The van der Waals surface area contributed by atoms with E-state index in [0.717, 1.165) is 18.0 Å². The predicted octanol–water partition coefficient (Wildman–Crippen LogP) is 1.00. The summed E-state index contributed by atoms with van der Waals surface area (Å²) in [7, 11) is -3.33. The molecule has 1 fully saturated rings. The molecule has 2 rings (SSSR count). The van der Waals surface area contributed by atoms with Gasteiger partial charge in [-0.25, -0.2) is 8.42 Å². The zero-order valence-electron chi connectivity index (χ0n) is 9.72. The number of thioether (sulfide) groups is 1. The maximum absolute atomic E-state index is 12.5. The van der Waals surface area contributed by atoms with Gasteiger partial charge in [-0.3, -0.25) is 0 Å². The predicted molar refractivity (Wildman–Crippen MR) is 69.9 cm³/mol. The number of nitrogens with zero attached hydrogens (tertiary/aromatic N) is 1. The summed E-state index contributed by atoms with van der Waals surface area (Å²) in [5.74, 6) is 0. The second-order valence-corrected chi connectivity index (χ2v) is 6.56. The van der Waals surface area contributed by atoms with Crippen LogP contribution in [0.2, 0.25) is 0 Å². The summed E-state index contributed by atoms with van der Waals surface area (Å²) in [5, 5.41) is 3.16. The van der Waals surface area contributed by atoms with Crippen molar-refractivity contribution < 1.29 is 8.42 Å². The number of nitrogens with one attached hydrogen (secondary N) is 1. The SMILES string of the molecule is CSc1ccccc1S(=O)(=O)N1CCNCC1. The van der Waals surface area contributed by atoms with Gasteiger partial charge >= 0.3 is 0 Å². The summed E-state index contributed by atoms with van der Waals surface area (Å²) in [6, 6.07) is 7.17. The van der Waals surface area contributed by atoms with E-state index in [1.165, 1.54) is 11.8 Å². The van der Waals surface area contributed by atoms with Crippen LogP contribution >= 0.6 is 11.8 Å². The molecule has 0 aromatic heterocycles. The van der Waals surface area contributed by atoms with Crippen LogP contribution in [0.15, 0.2) is 34.1 Å². The molecule has 0 radical (unpaired) electrons. The Morgan fingerprint density at radius 1 is 1.24 bits per heavy atom. The third-order valence-corrected chi connectivity index (χ3v) is 5.64. The van der Waals surface area contributed by atoms with E-state index in [2.05, 4.69) is 5.32 Å². The van der Waals surface area contributed by atoms with Crippen molar-refractivity contribution in [2.75, 3.05) is 32.4 Å². The third kappa shape index (κ3) is 2.65. The highest BCUT2D eigenvalue weighted by molar-refractivity contribution is 7.99. The van der Waals surface area contributed by atoms with Gasteiger partial charge in [0.05, 0.1) is 4.90 Å². The van der Waals surface area contributed by atoms with Crippen LogP contribution in [0.5, 0.6) is 0 Å². The maximum Gasteiger partial charge on any atom is 0.244 e. The van der Waals surface area contributed by atoms with E-state index >= 15 is 0 Å². The molecule has 17 heavy (non-hydrogen) atoms. The van der Waals surface area contributed by atoms with Gasteiger partial charge in [-0.05, 0) is 18.4 Å². The maximum atomic E-state index is 12.5. The van der Waals surface area contributed by atoms with Crippen LogP contribution in [-0.4, -0.2) is 45.2 Å². The number of hydrogen-bond acceptors (Lipinski definition) is 4. The van der Waals surface area contributed by atoms with Crippen molar-refractivity contribution in [1.29, 1.82) is 0 Å². The van der Waals surface area contributed by atoms with Crippen LogP contribution < -0.4 is 5.32 Å². The molecule has 94 valence electrons. The van der Waals surface area contributed by atoms with Crippen molar-refractivity contribution >= 4 is 21.8 Å². The Kier molecular flexibility index (Phi) is 4.09. The molecule has 1 heterocycles. The Morgan fingerprint density at radius 2 is 1.88 bits per heavy atom. The van der Waals surface area contributed by atoms with Gasteiger partial charge in [-0.1, -0.05) is 12.1 Å². The summed E-state index contributed by atoms with van der Waals surface area (Å²) in [5.41, 5.74) is 0. The highest BCUT2D eigenvalue weighted by Gasteiger charge is 2.27. The zero-order valence-corrected chi connectivity index (χ0v) is 11.4. The first-order valence-electron chi connectivity index (χ1n) is 5.50. The fourth-order valence-electron chi connectivity index (χ4n) is 1.86. The van der Waals surface area contributed by atoms with E-state index in [-0.39, 0.29) is 0 Å². The lowest BCUT2D eigenvalue weighted by atomic mass is 10.4. The van der Waals surface area contributed by atoms with E-state index < -0.39 is 10.0 Å². The fourth-order valence-corrected chi connectivity index (χ4v) is 4.42. The molecule has 1 aliphatic heterocycles. The molecule has 1 N–H and O–H groups in total. The van der Waals surface area contributed by atoms with Crippen molar-refractivity contribution in [2.45, 2.75) is 9.79 Å². The van der Waals surface area contributed by atoms with Crippen molar-refractivity contribution in [1.82, 2.24) is 9.62 Å². The van der Waals surface area contributed by atoms with Crippen molar-refractivity contribution in [3.05, 3.63) is 24.3 Å². The monoisotopic (exact) mass is 272 g/mol. The minimum atomic E-state index is -3.33. The van der Waals surface area contributed by atoms with Crippen LogP contribution in [0.1, 0.15) is 0 Å². The summed E-state index contributed by atoms with van der Waals surface area (Å²) in [6.45, 7) is 2.54. The molecule has 0 amide bonds. The highest BCUT2D eigenvalue weighted by atomic mass is 32.2. The normalized spacial score (nSPS) is 18.2. The van der Waals surface area contributed by atoms with Gasteiger partial charge in [0, 0.05) is 31.1 Å². The van der Waals surface area contributed by atoms with E-state index in [1.54, 1.807) is 16.4 Å². The van der Waals surface area contributed by atoms with Crippen LogP contribution in [0.3, 0.4) is 0 Å². The Balaban J connectivity index is 2.36. The Hall–Kier alpha value is -0.560. The molecule has 4 nitrogen and oxygen atoms in total. The first-order chi connectivity index (χ1) is 8.16. The molecule has 0 spiro atoms. The third-order valence-electron chi connectivity index (χ3n) is 2.76. The molecule has 1 aromatic carbocycles. The van der Waals surface area contributed by atoms with Gasteiger partial charge in [0.15, 0.2) is 0 Å². The lowest BCUT2D eigenvalue weighted by molar-refractivity contribution is 0.359. The summed E-state index contributed by atoms with van der Waals surface area (Å²) >= 11 is 1.46. The van der Waals surface area contributed by atoms with Gasteiger partial charge < -0.3 is 5.32 Å². The molecule has 1 saturated heterocycles.